The number of nitrogens with zero attached hydrogens (tertiary/aromatic N) is 1. The van der Waals surface area contributed by atoms with Gasteiger partial charge in [0.15, 0.2) is 0 Å². The number of carboxylic acids is 2. The van der Waals surface area contributed by atoms with Crippen LogP contribution in [0.2, 0.25) is 0 Å². The lowest BCUT2D eigenvalue weighted by Gasteiger charge is -2.29. The number of aliphatic carboxylic acids is 2. The van der Waals surface area contributed by atoms with E-state index in [0.717, 1.165) is 0 Å². The van der Waals surface area contributed by atoms with E-state index in [1.54, 1.807) is 0 Å². The molecule has 8 N–H and O–H groups in total. The average molecular weight is 486 g/mol. The second-order valence-electron chi connectivity index (χ2n) is 8.82. The van der Waals surface area contributed by atoms with Crippen molar-refractivity contribution in [3.05, 3.63) is 0 Å². The highest BCUT2D eigenvalue weighted by Gasteiger charge is 2.38. The summed E-state index contributed by atoms with van der Waals surface area (Å²) in [5.74, 6) is -5.05. The first kappa shape index (κ1) is 28.8. The van der Waals surface area contributed by atoms with E-state index in [0.29, 0.717) is 19.4 Å². The van der Waals surface area contributed by atoms with Crippen molar-refractivity contribution in [2.45, 2.75) is 83.0 Å². The Morgan fingerprint density at radius 1 is 1.00 bits per heavy atom. The number of carbonyl (C=O) groups excluding carboxylic acids is 4. The van der Waals surface area contributed by atoms with Crippen LogP contribution in [0, 0.1) is 5.92 Å². The maximum atomic E-state index is 13.0. The van der Waals surface area contributed by atoms with Crippen molar-refractivity contribution >= 4 is 35.6 Å². The van der Waals surface area contributed by atoms with Gasteiger partial charge in [-0.1, -0.05) is 13.8 Å². The minimum atomic E-state index is -1.43. The van der Waals surface area contributed by atoms with Gasteiger partial charge in [0.25, 0.3) is 0 Å². The summed E-state index contributed by atoms with van der Waals surface area (Å²) in [6.07, 6.45) is 0.309. The van der Waals surface area contributed by atoms with Gasteiger partial charge in [0.05, 0.1) is 6.04 Å². The Morgan fingerprint density at radius 3 is 2.18 bits per heavy atom. The highest BCUT2D eigenvalue weighted by Crippen LogP contribution is 2.20. The summed E-state index contributed by atoms with van der Waals surface area (Å²) in [4.78, 5) is 72.9. The van der Waals surface area contributed by atoms with Crippen molar-refractivity contribution in [2.24, 2.45) is 17.4 Å². The number of carboxylic acid groups (broad SMARTS) is 2. The van der Waals surface area contributed by atoms with E-state index in [2.05, 4.69) is 10.6 Å². The molecule has 1 heterocycles. The van der Waals surface area contributed by atoms with Gasteiger partial charge in [0.1, 0.15) is 18.1 Å². The smallest absolute Gasteiger partial charge is 0.326 e. The molecule has 0 radical (unpaired) electrons. The van der Waals surface area contributed by atoms with Crippen molar-refractivity contribution in [1.82, 2.24) is 15.5 Å². The summed E-state index contributed by atoms with van der Waals surface area (Å²) in [5.41, 5.74) is 11.0. The van der Waals surface area contributed by atoms with Crippen molar-refractivity contribution in [3.63, 3.8) is 0 Å². The molecular weight excluding hydrogens is 450 g/mol. The lowest BCUT2D eigenvalue weighted by Crippen LogP contribution is -2.57. The van der Waals surface area contributed by atoms with E-state index < -0.39 is 66.2 Å². The molecule has 1 aliphatic rings. The molecule has 0 bridgehead atoms. The van der Waals surface area contributed by atoms with Crippen LogP contribution in [0.15, 0.2) is 0 Å². The molecule has 0 aromatic heterocycles. The number of nitrogens with one attached hydrogen (secondary N) is 2. The molecule has 0 aliphatic carbocycles. The normalized spacial score (nSPS) is 18.1. The molecule has 4 unspecified atom stereocenters. The first-order valence-electron chi connectivity index (χ1n) is 11.2. The van der Waals surface area contributed by atoms with E-state index >= 15 is 0 Å². The zero-order valence-corrected chi connectivity index (χ0v) is 19.5. The van der Waals surface area contributed by atoms with Gasteiger partial charge in [-0.25, -0.2) is 4.79 Å². The molecule has 0 aromatic carbocycles. The van der Waals surface area contributed by atoms with Crippen LogP contribution in [0.4, 0.5) is 0 Å². The fraction of sp³-hybridized carbons (Fsp3) is 0.714. The molecule has 1 aliphatic heterocycles. The third kappa shape index (κ3) is 9.33. The molecular formula is C21H35N5O8. The molecule has 34 heavy (non-hydrogen) atoms. The molecule has 13 heteroatoms. The van der Waals surface area contributed by atoms with E-state index in [1.807, 2.05) is 13.8 Å². The number of carbonyl (C=O) groups is 6. The molecule has 0 aromatic rings. The summed E-state index contributed by atoms with van der Waals surface area (Å²) in [6.45, 7) is 3.92. The molecule has 1 rings (SSSR count). The summed E-state index contributed by atoms with van der Waals surface area (Å²) in [5, 5.41) is 23.0. The minimum absolute atomic E-state index is 0.0399. The lowest BCUT2D eigenvalue weighted by atomic mass is 10.0. The minimum Gasteiger partial charge on any atom is -0.481 e. The van der Waals surface area contributed by atoms with Crippen LogP contribution in [0.1, 0.15) is 58.8 Å². The highest BCUT2D eigenvalue weighted by atomic mass is 16.4. The number of likely N-dealkylation sites (tertiary alicyclic amines) is 1. The molecule has 192 valence electrons. The molecule has 1 fully saturated rings. The molecule has 1 saturated heterocycles. The zero-order valence-electron chi connectivity index (χ0n) is 19.5. The van der Waals surface area contributed by atoms with Gasteiger partial charge in [0.2, 0.25) is 23.6 Å². The van der Waals surface area contributed by atoms with Crippen LogP contribution in [0.25, 0.3) is 0 Å². The molecule has 0 spiro atoms. The van der Waals surface area contributed by atoms with E-state index in [1.165, 1.54) is 4.90 Å². The third-order valence-corrected chi connectivity index (χ3v) is 5.46. The van der Waals surface area contributed by atoms with Crippen LogP contribution >= 0.6 is 0 Å². The van der Waals surface area contributed by atoms with Gasteiger partial charge in [0, 0.05) is 19.4 Å². The van der Waals surface area contributed by atoms with Gasteiger partial charge >= 0.3 is 11.9 Å². The Morgan fingerprint density at radius 2 is 1.65 bits per heavy atom. The molecule has 0 saturated carbocycles. The van der Waals surface area contributed by atoms with E-state index in [-0.39, 0.29) is 31.6 Å². The largest absolute Gasteiger partial charge is 0.481 e. The van der Waals surface area contributed by atoms with Crippen LogP contribution in [-0.2, 0) is 28.8 Å². The number of amides is 4. The quantitative estimate of drug-likeness (QED) is 0.169. The predicted octanol–water partition coefficient (Wildman–Crippen LogP) is -1.46. The van der Waals surface area contributed by atoms with Crippen LogP contribution in [0.3, 0.4) is 0 Å². The van der Waals surface area contributed by atoms with E-state index in [4.69, 9.17) is 16.6 Å². The molecule has 13 nitrogen and oxygen atoms in total. The number of hydrogen-bond donors (Lipinski definition) is 6. The average Bonchev–Trinajstić information content (AvgIpc) is 3.22. The van der Waals surface area contributed by atoms with Crippen molar-refractivity contribution in [1.29, 1.82) is 0 Å². The summed E-state index contributed by atoms with van der Waals surface area (Å²) in [6, 6.07) is -4.37. The first-order chi connectivity index (χ1) is 15.8. The predicted molar refractivity (Wildman–Crippen MR) is 119 cm³/mol. The number of primary amides is 1. The first-order valence-corrected chi connectivity index (χ1v) is 11.2. The molecule has 4 amide bonds. The Kier molecular flexibility index (Phi) is 11.4. The van der Waals surface area contributed by atoms with Crippen molar-refractivity contribution < 1.29 is 39.0 Å². The Bertz CT molecular complexity index is 787. The van der Waals surface area contributed by atoms with Crippen LogP contribution in [-0.4, -0.2) is 81.4 Å². The number of rotatable bonds is 14. The Labute approximate surface area is 197 Å². The topological polar surface area (TPSA) is 222 Å². The van der Waals surface area contributed by atoms with Crippen LogP contribution < -0.4 is 22.1 Å². The maximum absolute atomic E-state index is 13.0. The second kappa shape index (κ2) is 13.5. The summed E-state index contributed by atoms with van der Waals surface area (Å²) < 4.78 is 0. The standard InChI is InChI=1S/C21H35N5O8/c1-11(2)10-14(18(30)24-13(21(33)34)6-8-17(28)29)25-19(31)15-4-3-9-26(15)20(32)12(22)5-7-16(23)27/h11-15H,3-10,22H2,1-2H3,(H2,23,27)(H,24,30)(H,25,31)(H,28,29)(H,33,34). The Hall–Kier alpha value is -3.22. The molecule has 4 atom stereocenters. The van der Waals surface area contributed by atoms with Gasteiger partial charge in [-0.3, -0.25) is 24.0 Å². The Balaban J connectivity index is 2.89. The summed E-state index contributed by atoms with van der Waals surface area (Å²) in [7, 11) is 0. The highest BCUT2D eigenvalue weighted by molar-refractivity contribution is 5.94. The monoisotopic (exact) mass is 485 g/mol. The maximum Gasteiger partial charge on any atom is 0.326 e. The summed E-state index contributed by atoms with van der Waals surface area (Å²) >= 11 is 0. The third-order valence-electron chi connectivity index (χ3n) is 5.46. The number of nitrogens with two attached hydrogens (primary N) is 2. The SMILES string of the molecule is CC(C)CC(NC(=O)C1CCCN1C(=O)C(N)CCC(N)=O)C(=O)NC(CCC(=O)O)C(=O)O. The van der Waals surface area contributed by atoms with Crippen LogP contribution in [0.5, 0.6) is 0 Å². The van der Waals surface area contributed by atoms with Crippen molar-refractivity contribution in [3.8, 4) is 0 Å². The fourth-order valence-electron chi connectivity index (χ4n) is 3.71. The van der Waals surface area contributed by atoms with E-state index in [9.17, 15) is 33.9 Å². The lowest BCUT2D eigenvalue weighted by molar-refractivity contribution is -0.144. The van der Waals surface area contributed by atoms with Gasteiger partial charge in [-0.05, 0) is 38.0 Å². The van der Waals surface area contributed by atoms with Gasteiger partial charge in [-0.2, -0.15) is 0 Å². The van der Waals surface area contributed by atoms with Gasteiger partial charge < -0.3 is 37.2 Å². The fourth-order valence-corrected chi connectivity index (χ4v) is 3.71. The zero-order chi connectivity index (χ0) is 26.0. The van der Waals surface area contributed by atoms with Crippen molar-refractivity contribution in [2.75, 3.05) is 6.54 Å². The second-order valence-corrected chi connectivity index (χ2v) is 8.82. The van der Waals surface area contributed by atoms with Gasteiger partial charge in [-0.15, -0.1) is 0 Å². The number of hydrogen-bond acceptors (Lipinski definition) is 7.